The number of fused-ring (bicyclic) bond motifs is 3. The van der Waals surface area contributed by atoms with Crippen LogP contribution in [0.25, 0.3) is 0 Å². The third kappa shape index (κ3) is 2.80. The number of nitrogens with one attached hydrogen (secondary N) is 1. The van der Waals surface area contributed by atoms with Crippen LogP contribution in [0.1, 0.15) is 38.2 Å². The molecule has 1 aromatic heterocycles. The van der Waals surface area contributed by atoms with E-state index in [9.17, 15) is 8.42 Å². The molecule has 2 aromatic rings. The summed E-state index contributed by atoms with van der Waals surface area (Å²) in [6, 6.07) is 8.73. The summed E-state index contributed by atoms with van der Waals surface area (Å²) in [6.07, 6.45) is 8.08. The maximum absolute atomic E-state index is 13.2. The van der Waals surface area contributed by atoms with Crippen molar-refractivity contribution in [3.8, 4) is 0 Å². The van der Waals surface area contributed by atoms with Crippen LogP contribution in [0.2, 0.25) is 0 Å². The molecule has 1 aliphatic carbocycles. The van der Waals surface area contributed by atoms with E-state index in [4.69, 9.17) is 0 Å². The van der Waals surface area contributed by atoms with Crippen LogP contribution in [-0.2, 0) is 10.0 Å². The number of amidine groups is 1. The van der Waals surface area contributed by atoms with Gasteiger partial charge in [0.15, 0.2) is 11.7 Å². The van der Waals surface area contributed by atoms with Crippen molar-refractivity contribution in [1.29, 1.82) is 0 Å². The van der Waals surface area contributed by atoms with E-state index >= 15 is 0 Å². The Bertz CT molecular complexity index is 1100. The Labute approximate surface area is 171 Å². The van der Waals surface area contributed by atoms with Gasteiger partial charge in [0.25, 0.3) is 10.0 Å². The van der Waals surface area contributed by atoms with Gasteiger partial charge in [-0.2, -0.15) is 5.10 Å². The van der Waals surface area contributed by atoms with Crippen LogP contribution in [0.3, 0.4) is 0 Å². The number of hydrazone groups is 1. The summed E-state index contributed by atoms with van der Waals surface area (Å²) >= 11 is 0. The molecule has 2 unspecified atom stereocenters. The minimum absolute atomic E-state index is 0.0425. The zero-order chi connectivity index (χ0) is 20.2. The summed E-state index contributed by atoms with van der Waals surface area (Å²) in [5.74, 6) is 2.32. The Morgan fingerprint density at radius 1 is 1.17 bits per heavy atom. The lowest BCUT2D eigenvalue weighted by atomic mass is 9.90. The zero-order valence-electron chi connectivity index (χ0n) is 16.6. The Morgan fingerprint density at radius 2 is 1.97 bits per heavy atom. The van der Waals surface area contributed by atoms with E-state index in [1.807, 2.05) is 25.1 Å². The second kappa shape index (κ2) is 6.73. The number of anilines is 1. The SMILES string of the molecule is CCC1CCCC1[C@H]1NN=C2C=Nc3c(ccn3S(=O)(=O)c3ccc(C)cc3)N21. The van der Waals surface area contributed by atoms with Crippen molar-refractivity contribution in [1.82, 2.24) is 9.40 Å². The van der Waals surface area contributed by atoms with Crippen LogP contribution in [0.5, 0.6) is 0 Å². The quantitative estimate of drug-likeness (QED) is 0.833. The summed E-state index contributed by atoms with van der Waals surface area (Å²) in [5.41, 5.74) is 5.10. The van der Waals surface area contributed by atoms with Crippen molar-refractivity contribution in [2.75, 3.05) is 4.90 Å². The number of aryl methyl sites for hydroxylation is 1. The van der Waals surface area contributed by atoms with Crippen LogP contribution >= 0.6 is 0 Å². The lowest BCUT2D eigenvalue weighted by Gasteiger charge is -2.34. The standard InChI is InChI=1S/C21H25N5O2S/c1-3-15-5-4-6-17(15)20-24-23-19-13-22-21-18(26(19)20)11-12-25(21)29(27,28)16-9-7-14(2)8-10-16/h7-13,15,17,20,24H,3-6H2,1-2H3/t15?,17?,20-/m0/s1. The molecule has 0 bridgehead atoms. The van der Waals surface area contributed by atoms with Gasteiger partial charge in [-0.3, -0.25) is 10.3 Å². The first-order valence-corrected chi connectivity index (χ1v) is 11.6. The van der Waals surface area contributed by atoms with Crippen LogP contribution < -0.4 is 10.3 Å². The number of nitrogens with zero attached hydrogens (tertiary/aromatic N) is 4. The molecule has 3 atom stereocenters. The maximum Gasteiger partial charge on any atom is 0.269 e. The molecule has 3 aliphatic rings. The molecule has 8 heteroatoms. The number of hydrogen-bond acceptors (Lipinski definition) is 6. The number of aliphatic imine (C=N–C) groups is 1. The fourth-order valence-corrected chi connectivity index (χ4v) is 6.17. The molecular weight excluding hydrogens is 386 g/mol. The highest BCUT2D eigenvalue weighted by Crippen LogP contribution is 2.43. The molecule has 152 valence electrons. The van der Waals surface area contributed by atoms with E-state index in [0.717, 1.165) is 29.9 Å². The lowest BCUT2D eigenvalue weighted by Crippen LogP contribution is -2.47. The first kappa shape index (κ1) is 18.4. The second-order valence-electron chi connectivity index (χ2n) is 8.07. The fraction of sp³-hybridized carbons (Fsp3) is 0.429. The topological polar surface area (TPSA) is 79.1 Å². The van der Waals surface area contributed by atoms with Gasteiger partial charge in [-0.1, -0.05) is 43.9 Å². The maximum atomic E-state index is 13.2. The normalized spacial score (nSPS) is 25.5. The molecule has 0 radical (unpaired) electrons. The highest BCUT2D eigenvalue weighted by molar-refractivity contribution is 7.90. The average Bonchev–Trinajstić information content (AvgIpc) is 3.44. The van der Waals surface area contributed by atoms with E-state index in [2.05, 4.69) is 27.3 Å². The Balaban J connectivity index is 1.54. The van der Waals surface area contributed by atoms with Gasteiger partial charge < -0.3 is 0 Å². The van der Waals surface area contributed by atoms with E-state index in [-0.39, 0.29) is 11.1 Å². The summed E-state index contributed by atoms with van der Waals surface area (Å²) in [7, 11) is -3.72. The summed E-state index contributed by atoms with van der Waals surface area (Å²) < 4.78 is 27.7. The van der Waals surface area contributed by atoms with Gasteiger partial charge in [-0.05, 0) is 37.5 Å². The average molecular weight is 412 g/mol. The molecule has 0 amide bonds. The minimum atomic E-state index is -3.72. The van der Waals surface area contributed by atoms with Gasteiger partial charge in [0, 0.05) is 12.1 Å². The van der Waals surface area contributed by atoms with E-state index < -0.39 is 10.0 Å². The molecular formula is C21H25N5O2S. The number of aromatic nitrogens is 1. The highest BCUT2D eigenvalue weighted by atomic mass is 32.2. The molecule has 7 nitrogen and oxygen atoms in total. The van der Waals surface area contributed by atoms with Gasteiger partial charge in [-0.15, -0.1) is 0 Å². The molecule has 2 aliphatic heterocycles. The van der Waals surface area contributed by atoms with E-state index in [1.54, 1.807) is 24.5 Å². The van der Waals surface area contributed by atoms with Gasteiger partial charge in [0.1, 0.15) is 6.17 Å². The van der Waals surface area contributed by atoms with Crippen LogP contribution in [0.15, 0.2) is 51.5 Å². The first-order valence-electron chi connectivity index (χ1n) is 10.2. The molecule has 29 heavy (non-hydrogen) atoms. The minimum Gasteiger partial charge on any atom is -0.297 e. The summed E-state index contributed by atoms with van der Waals surface area (Å²) in [6.45, 7) is 4.18. The van der Waals surface area contributed by atoms with Gasteiger partial charge in [-0.25, -0.2) is 17.4 Å². The Morgan fingerprint density at radius 3 is 2.72 bits per heavy atom. The Hall–Kier alpha value is -2.61. The van der Waals surface area contributed by atoms with E-state index in [1.165, 1.54) is 16.8 Å². The van der Waals surface area contributed by atoms with Gasteiger partial charge in [0.05, 0.1) is 16.8 Å². The predicted octanol–water partition coefficient (Wildman–Crippen LogP) is 3.62. The molecule has 1 saturated carbocycles. The zero-order valence-corrected chi connectivity index (χ0v) is 17.4. The van der Waals surface area contributed by atoms with Crippen LogP contribution in [0, 0.1) is 18.8 Å². The second-order valence-corrected chi connectivity index (χ2v) is 9.89. The van der Waals surface area contributed by atoms with Crippen molar-refractivity contribution in [2.45, 2.75) is 50.6 Å². The molecule has 0 saturated heterocycles. The first-order chi connectivity index (χ1) is 14.0. The van der Waals surface area contributed by atoms with Gasteiger partial charge in [0.2, 0.25) is 0 Å². The highest BCUT2D eigenvalue weighted by Gasteiger charge is 2.43. The molecule has 5 rings (SSSR count). The smallest absolute Gasteiger partial charge is 0.269 e. The third-order valence-electron chi connectivity index (χ3n) is 6.43. The predicted molar refractivity (Wildman–Crippen MR) is 114 cm³/mol. The molecule has 0 spiro atoms. The number of benzene rings is 1. The van der Waals surface area contributed by atoms with Crippen molar-refractivity contribution >= 4 is 33.6 Å². The monoisotopic (exact) mass is 411 g/mol. The van der Waals surface area contributed by atoms with Gasteiger partial charge >= 0.3 is 0 Å². The van der Waals surface area contributed by atoms with E-state index in [0.29, 0.717) is 17.7 Å². The molecule has 1 N–H and O–H groups in total. The van der Waals surface area contributed by atoms with Crippen molar-refractivity contribution in [2.24, 2.45) is 21.9 Å². The number of hydrogen-bond donors (Lipinski definition) is 1. The molecule has 1 aromatic carbocycles. The van der Waals surface area contributed by atoms with Crippen LogP contribution in [-0.4, -0.2) is 30.6 Å². The molecule has 3 heterocycles. The summed E-state index contributed by atoms with van der Waals surface area (Å²) in [5, 5.41) is 4.48. The largest absolute Gasteiger partial charge is 0.297 e. The summed E-state index contributed by atoms with van der Waals surface area (Å²) in [4.78, 5) is 6.84. The van der Waals surface area contributed by atoms with Crippen molar-refractivity contribution in [3.63, 3.8) is 0 Å². The van der Waals surface area contributed by atoms with Crippen LogP contribution in [0.4, 0.5) is 11.5 Å². The third-order valence-corrected chi connectivity index (χ3v) is 8.11. The molecule has 1 fully saturated rings. The van der Waals surface area contributed by atoms with Crippen molar-refractivity contribution in [3.05, 3.63) is 42.1 Å². The fourth-order valence-electron chi connectivity index (χ4n) is 4.87. The number of rotatable bonds is 4. The Kier molecular flexibility index (Phi) is 4.27. The lowest BCUT2D eigenvalue weighted by molar-refractivity contribution is 0.295. The van der Waals surface area contributed by atoms with Crippen molar-refractivity contribution < 1.29 is 8.42 Å².